The first-order chi connectivity index (χ1) is 9.09. The van der Waals surface area contributed by atoms with Gasteiger partial charge in [-0.25, -0.2) is 8.78 Å². The van der Waals surface area contributed by atoms with Gasteiger partial charge in [0.05, 0.1) is 4.92 Å². The summed E-state index contributed by atoms with van der Waals surface area (Å²) in [6.45, 7) is 0. The summed E-state index contributed by atoms with van der Waals surface area (Å²) < 4.78 is 27.7. The highest BCUT2D eigenvalue weighted by molar-refractivity contribution is 5.83. The number of halogens is 2. The number of nitro benzene ring substituents is 1. The molecule has 0 aliphatic heterocycles. The second-order valence-corrected chi connectivity index (χ2v) is 3.80. The second-order valence-electron chi connectivity index (χ2n) is 3.80. The molecule has 0 aromatic heterocycles. The molecule has 0 N–H and O–H groups in total. The van der Waals surface area contributed by atoms with Crippen molar-refractivity contribution in [2.45, 2.75) is 0 Å². The predicted octanol–water partition coefficient (Wildman–Crippen LogP) is 4.36. The van der Waals surface area contributed by atoms with Crippen LogP contribution in [0.2, 0.25) is 0 Å². The van der Waals surface area contributed by atoms with E-state index in [9.17, 15) is 18.9 Å². The third-order valence-corrected chi connectivity index (χ3v) is 2.55. The van der Waals surface area contributed by atoms with Gasteiger partial charge < -0.3 is 0 Å². The zero-order valence-corrected chi connectivity index (χ0v) is 9.72. The normalized spacial score (nSPS) is 11.9. The van der Waals surface area contributed by atoms with Crippen molar-refractivity contribution >= 4 is 17.3 Å². The van der Waals surface area contributed by atoms with Crippen LogP contribution in [0.4, 0.5) is 14.5 Å². The summed E-state index contributed by atoms with van der Waals surface area (Å²) in [7, 11) is 0. The number of nitrogens with zero attached hydrogens (tertiary/aromatic N) is 1. The van der Waals surface area contributed by atoms with Gasteiger partial charge in [-0.15, -0.1) is 0 Å². The minimum Gasteiger partial charge on any atom is -0.258 e. The van der Waals surface area contributed by atoms with E-state index in [1.165, 1.54) is 24.3 Å². The van der Waals surface area contributed by atoms with Crippen LogP contribution >= 0.6 is 0 Å². The van der Waals surface area contributed by atoms with Crippen LogP contribution in [-0.2, 0) is 0 Å². The Balaban J connectivity index is 2.38. The first-order valence-corrected chi connectivity index (χ1v) is 5.45. The van der Waals surface area contributed by atoms with Gasteiger partial charge in [0.25, 0.3) is 5.69 Å². The van der Waals surface area contributed by atoms with E-state index in [2.05, 4.69) is 0 Å². The molecule has 0 amide bonds. The number of hydrogen-bond acceptors (Lipinski definition) is 2. The van der Waals surface area contributed by atoms with Crippen LogP contribution in [0.1, 0.15) is 11.1 Å². The standard InChI is InChI=1S/C14H9F2NO2/c15-13(10-4-2-1-3-5-10)14(16)11-6-8-12(9-7-11)17(18)19/h1-9H. The minimum atomic E-state index is -1.04. The van der Waals surface area contributed by atoms with Gasteiger partial charge in [0.1, 0.15) is 0 Å². The summed E-state index contributed by atoms with van der Waals surface area (Å²) in [6.07, 6.45) is 0. The van der Waals surface area contributed by atoms with Gasteiger partial charge >= 0.3 is 0 Å². The van der Waals surface area contributed by atoms with Crippen LogP contribution in [0.15, 0.2) is 54.6 Å². The molecule has 0 fully saturated rings. The van der Waals surface area contributed by atoms with Crippen molar-refractivity contribution in [2.24, 2.45) is 0 Å². The Labute approximate surface area is 108 Å². The van der Waals surface area contributed by atoms with E-state index in [4.69, 9.17) is 0 Å². The maximum absolute atomic E-state index is 13.9. The molecule has 0 atom stereocenters. The molecule has 0 aliphatic rings. The summed E-state index contributed by atoms with van der Waals surface area (Å²) >= 11 is 0. The molecule has 2 rings (SSSR count). The average Bonchev–Trinajstić information content (AvgIpc) is 2.46. The Morgan fingerprint density at radius 2 is 1.32 bits per heavy atom. The Morgan fingerprint density at radius 1 is 0.842 bits per heavy atom. The number of benzene rings is 2. The van der Waals surface area contributed by atoms with Crippen LogP contribution in [0, 0.1) is 10.1 Å². The summed E-state index contributed by atoms with van der Waals surface area (Å²) in [5.74, 6) is -2.03. The van der Waals surface area contributed by atoms with Crippen molar-refractivity contribution in [3.8, 4) is 0 Å². The second kappa shape index (κ2) is 5.39. The van der Waals surface area contributed by atoms with Gasteiger partial charge in [-0.05, 0) is 12.1 Å². The molecule has 19 heavy (non-hydrogen) atoms. The van der Waals surface area contributed by atoms with Gasteiger partial charge in [0.2, 0.25) is 0 Å². The molecule has 96 valence electrons. The first-order valence-electron chi connectivity index (χ1n) is 5.45. The summed E-state index contributed by atoms with van der Waals surface area (Å²) in [6, 6.07) is 12.4. The van der Waals surface area contributed by atoms with Crippen LogP contribution in [0.3, 0.4) is 0 Å². The Kier molecular flexibility index (Phi) is 3.66. The zero-order chi connectivity index (χ0) is 13.8. The number of rotatable bonds is 3. The number of non-ortho nitro benzene ring substituents is 1. The van der Waals surface area contributed by atoms with Crippen molar-refractivity contribution < 1.29 is 13.7 Å². The topological polar surface area (TPSA) is 43.1 Å². The van der Waals surface area contributed by atoms with E-state index in [1.54, 1.807) is 18.2 Å². The van der Waals surface area contributed by atoms with E-state index in [0.717, 1.165) is 12.1 Å². The van der Waals surface area contributed by atoms with Crippen LogP contribution in [0.25, 0.3) is 11.7 Å². The van der Waals surface area contributed by atoms with E-state index in [0.29, 0.717) is 0 Å². The molecule has 3 nitrogen and oxygen atoms in total. The molecule has 0 radical (unpaired) electrons. The third kappa shape index (κ3) is 2.82. The molecule has 2 aromatic carbocycles. The predicted molar refractivity (Wildman–Crippen MR) is 68.6 cm³/mol. The van der Waals surface area contributed by atoms with Gasteiger partial charge in [0, 0.05) is 23.3 Å². The fraction of sp³-hybridized carbons (Fsp3) is 0. The molecule has 0 saturated heterocycles. The highest BCUT2D eigenvalue weighted by Crippen LogP contribution is 2.29. The van der Waals surface area contributed by atoms with E-state index in [1.807, 2.05) is 0 Å². The molecule has 0 spiro atoms. The quantitative estimate of drug-likeness (QED) is 0.468. The van der Waals surface area contributed by atoms with Crippen LogP contribution in [-0.4, -0.2) is 4.92 Å². The smallest absolute Gasteiger partial charge is 0.258 e. The lowest BCUT2D eigenvalue weighted by atomic mass is 10.1. The molecule has 0 bridgehead atoms. The Hall–Kier alpha value is -2.56. The number of nitro groups is 1. The maximum atomic E-state index is 13.9. The molecule has 0 heterocycles. The fourth-order valence-electron chi connectivity index (χ4n) is 1.57. The van der Waals surface area contributed by atoms with Crippen LogP contribution < -0.4 is 0 Å². The highest BCUT2D eigenvalue weighted by Gasteiger charge is 2.12. The number of hydrogen-bond donors (Lipinski definition) is 0. The molecule has 5 heteroatoms. The summed E-state index contributed by atoms with van der Waals surface area (Å²) in [5.41, 5.74) is -0.0815. The Bertz CT molecular complexity index is 622. The maximum Gasteiger partial charge on any atom is 0.269 e. The monoisotopic (exact) mass is 261 g/mol. The lowest BCUT2D eigenvalue weighted by Gasteiger charge is -2.01. The van der Waals surface area contributed by atoms with Crippen LogP contribution in [0.5, 0.6) is 0 Å². The zero-order valence-electron chi connectivity index (χ0n) is 9.72. The average molecular weight is 261 g/mol. The largest absolute Gasteiger partial charge is 0.269 e. The SMILES string of the molecule is O=[N+]([O-])c1ccc(C(F)=C(F)c2ccccc2)cc1. The molecule has 2 aromatic rings. The van der Waals surface area contributed by atoms with E-state index in [-0.39, 0.29) is 16.8 Å². The van der Waals surface area contributed by atoms with Crippen molar-refractivity contribution in [3.05, 3.63) is 75.8 Å². The van der Waals surface area contributed by atoms with Gasteiger partial charge in [-0.3, -0.25) is 10.1 Å². The Morgan fingerprint density at radius 3 is 1.79 bits per heavy atom. The minimum absolute atomic E-state index is 0.0352. The fourth-order valence-corrected chi connectivity index (χ4v) is 1.57. The van der Waals surface area contributed by atoms with Gasteiger partial charge in [-0.2, -0.15) is 0 Å². The highest BCUT2D eigenvalue weighted by atomic mass is 19.2. The lowest BCUT2D eigenvalue weighted by molar-refractivity contribution is -0.384. The molecular weight excluding hydrogens is 252 g/mol. The van der Waals surface area contributed by atoms with E-state index >= 15 is 0 Å². The van der Waals surface area contributed by atoms with Crippen molar-refractivity contribution in [2.75, 3.05) is 0 Å². The summed E-state index contributed by atoms with van der Waals surface area (Å²) in [5, 5.41) is 10.5. The molecule has 0 saturated carbocycles. The van der Waals surface area contributed by atoms with Crippen molar-refractivity contribution in [3.63, 3.8) is 0 Å². The molecule has 0 aliphatic carbocycles. The lowest BCUT2D eigenvalue weighted by Crippen LogP contribution is -1.88. The van der Waals surface area contributed by atoms with Crippen molar-refractivity contribution in [1.82, 2.24) is 0 Å². The summed E-state index contributed by atoms with van der Waals surface area (Å²) in [4.78, 5) is 9.86. The van der Waals surface area contributed by atoms with Crippen molar-refractivity contribution in [1.29, 1.82) is 0 Å². The van der Waals surface area contributed by atoms with E-state index < -0.39 is 16.6 Å². The third-order valence-electron chi connectivity index (χ3n) is 2.55. The van der Waals surface area contributed by atoms with Gasteiger partial charge in [-0.1, -0.05) is 30.3 Å². The van der Waals surface area contributed by atoms with Gasteiger partial charge in [0.15, 0.2) is 11.7 Å². The first kappa shape index (κ1) is 12.9. The molecular formula is C14H9F2NO2. The molecule has 0 unspecified atom stereocenters.